The van der Waals surface area contributed by atoms with Crippen LogP contribution in [0.2, 0.25) is 0 Å². The number of benzene rings is 2. The highest BCUT2D eigenvalue weighted by Crippen LogP contribution is 2.34. The number of ether oxygens (including phenoxy) is 1. The number of halogens is 3. The van der Waals surface area contributed by atoms with Crippen molar-refractivity contribution in [2.24, 2.45) is 4.99 Å². The quantitative estimate of drug-likeness (QED) is 0.346. The summed E-state index contributed by atoms with van der Waals surface area (Å²) in [5, 5.41) is 2.02. The standard InChI is InChI=1S/C21H16F3N3OS/c1-2-3-14-11-25-20(26-12-14)15-4-6-16(7-5-15)21(23,24)28-17-8-9-19(27-13-29)18(22)10-17/h4-12H,2-3H2,1H3. The van der Waals surface area contributed by atoms with E-state index in [4.69, 9.17) is 4.74 Å². The number of alkyl halides is 2. The molecule has 148 valence electrons. The van der Waals surface area contributed by atoms with Crippen molar-refractivity contribution in [2.75, 3.05) is 0 Å². The van der Waals surface area contributed by atoms with Gasteiger partial charge < -0.3 is 4.74 Å². The Hall–Kier alpha value is -3.09. The first-order valence-electron chi connectivity index (χ1n) is 8.79. The van der Waals surface area contributed by atoms with Gasteiger partial charge in [0.1, 0.15) is 11.4 Å². The summed E-state index contributed by atoms with van der Waals surface area (Å²) in [6.07, 6.45) is 1.65. The third kappa shape index (κ3) is 5.04. The molecule has 0 unspecified atom stereocenters. The molecule has 3 aromatic rings. The molecule has 0 amide bonds. The molecule has 0 radical (unpaired) electrons. The second-order valence-corrected chi connectivity index (χ2v) is 6.36. The Morgan fingerprint density at radius 3 is 2.38 bits per heavy atom. The van der Waals surface area contributed by atoms with Crippen LogP contribution < -0.4 is 4.74 Å². The number of aromatic nitrogens is 2. The topological polar surface area (TPSA) is 47.4 Å². The first kappa shape index (κ1) is 20.6. The van der Waals surface area contributed by atoms with Gasteiger partial charge in [0.25, 0.3) is 0 Å². The fraction of sp³-hybridized carbons (Fsp3) is 0.190. The second kappa shape index (κ2) is 8.94. The Morgan fingerprint density at radius 2 is 1.79 bits per heavy atom. The number of hydrogen-bond donors (Lipinski definition) is 0. The highest BCUT2D eigenvalue weighted by atomic mass is 32.1. The molecule has 3 rings (SSSR count). The van der Waals surface area contributed by atoms with Gasteiger partial charge in [0, 0.05) is 24.0 Å². The van der Waals surface area contributed by atoms with Crippen molar-refractivity contribution in [3.05, 3.63) is 71.8 Å². The predicted octanol–water partition coefficient (Wildman–Crippen LogP) is 6.10. The van der Waals surface area contributed by atoms with Gasteiger partial charge in [0.2, 0.25) is 0 Å². The van der Waals surface area contributed by atoms with E-state index in [2.05, 4.69) is 34.1 Å². The average Bonchev–Trinajstić information content (AvgIpc) is 2.71. The van der Waals surface area contributed by atoms with Crippen LogP contribution in [0.3, 0.4) is 0 Å². The SMILES string of the molecule is CCCc1cnc(-c2ccc(C(F)(F)Oc3ccc(N=C=S)c(F)c3)cc2)nc1. The van der Waals surface area contributed by atoms with Crippen molar-refractivity contribution >= 4 is 23.1 Å². The summed E-state index contributed by atoms with van der Waals surface area (Å²) in [5.74, 6) is -0.734. The first-order valence-corrected chi connectivity index (χ1v) is 9.20. The second-order valence-electron chi connectivity index (χ2n) is 6.18. The summed E-state index contributed by atoms with van der Waals surface area (Å²) in [6, 6.07) is 8.60. The van der Waals surface area contributed by atoms with E-state index in [-0.39, 0.29) is 17.0 Å². The van der Waals surface area contributed by atoms with Crippen LogP contribution in [0.15, 0.2) is 59.9 Å². The molecule has 29 heavy (non-hydrogen) atoms. The fourth-order valence-electron chi connectivity index (χ4n) is 2.63. The lowest BCUT2D eigenvalue weighted by atomic mass is 10.1. The summed E-state index contributed by atoms with van der Waals surface area (Å²) >= 11 is 4.40. The van der Waals surface area contributed by atoms with Gasteiger partial charge in [-0.15, -0.1) is 0 Å². The first-order chi connectivity index (χ1) is 13.9. The van der Waals surface area contributed by atoms with Crippen LogP contribution in [-0.4, -0.2) is 15.1 Å². The lowest BCUT2D eigenvalue weighted by Crippen LogP contribution is -2.21. The minimum atomic E-state index is -3.66. The van der Waals surface area contributed by atoms with Gasteiger partial charge in [-0.3, -0.25) is 0 Å². The summed E-state index contributed by atoms with van der Waals surface area (Å²) in [4.78, 5) is 12.0. The van der Waals surface area contributed by atoms with E-state index in [9.17, 15) is 13.2 Å². The number of thiocarbonyl (C=S) groups is 1. The van der Waals surface area contributed by atoms with Crippen molar-refractivity contribution < 1.29 is 17.9 Å². The lowest BCUT2D eigenvalue weighted by molar-refractivity contribution is -0.185. The molecule has 0 N–H and O–H groups in total. The molecule has 0 aliphatic carbocycles. The highest BCUT2D eigenvalue weighted by molar-refractivity contribution is 7.78. The number of rotatable bonds is 7. The van der Waals surface area contributed by atoms with Crippen LogP contribution >= 0.6 is 12.2 Å². The number of aliphatic imine (C=N–C) groups is 1. The van der Waals surface area contributed by atoms with Crippen molar-refractivity contribution in [3.8, 4) is 17.1 Å². The number of nitrogens with zero attached hydrogens (tertiary/aromatic N) is 3. The maximum atomic E-state index is 14.5. The normalized spacial score (nSPS) is 11.0. The molecule has 1 aromatic heterocycles. The molecule has 0 saturated heterocycles. The molecule has 0 atom stereocenters. The number of aryl methyl sites for hydroxylation is 1. The van der Waals surface area contributed by atoms with Gasteiger partial charge in [-0.1, -0.05) is 25.5 Å². The van der Waals surface area contributed by atoms with Crippen LogP contribution in [0, 0.1) is 5.82 Å². The number of isothiocyanates is 1. The lowest BCUT2D eigenvalue weighted by Gasteiger charge is -2.18. The summed E-state index contributed by atoms with van der Waals surface area (Å²) in [7, 11) is 0. The Bertz CT molecular complexity index is 1030. The maximum absolute atomic E-state index is 14.5. The van der Waals surface area contributed by atoms with Crippen molar-refractivity contribution in [3.63, 3.8) is 0 Å². The molecule has 2 aromatic carbocycles. The zero-order valence-electron chi connectivity index (χ0n) is 15.4. The van der Waals surface area contributed by atoms with Crippen LogP contribution in [0.25, 0.3) is 11.4 Å². The summed E-state index contributed by atoms with van der Waals surface area (Å²) in [6.45, 7) is 2.06. The molecular weight excluding hydrogens is 399 g/mol. The fourth-order valence-corrected chi connectivity index (χ4v) is 2.73. The van der Waals surface area contributed by atoms with Crippen molar-refractivity contribution in [1.29, 1.82) is 0 Å². The largest absolute Gasteiger partial charge is 0.429 e. The molecule has 0 fully saturated rings. The maximum Gasteiger partial charge on any atom is 0.426 e. The minimum absolute atomic E-state index is 0.107. The van der Waals surface area contributed by atoms with E-state index in [1.54, 1.807) is 12.4 Å². The summed E-state index contributed by atoms with van der Waals surface area (Å²) < 4.78 is 47.4. The van der Waals surface area contributed by atoms with Crippen LogP contribution in [0.4, 0.5) is 18.9 Å². The van der Waals surface area contributed by atoms with E-state index < -0.39 is 11.9 Å². The zero-order chi connectivity index (χ0) is 20.9. The molecule has 8 heteroatoms. The predicted molar refractivity (Wildman–Crippen MR) is 107 cm³/mol. The van der Waals surface area contributed by atoms with Crippen molar-refractivity contribution in [1.82, 2.24) is 9.97 Å². The van der Waals surface area contributed by atoms with E-state index >= 15 is 0 Å². The van der Waals surface area contributed by atoms with Crippen molar-refractivity contribution in [2.45, 2.75) is 25.9 Å². The van der Waals surface area contributed by atoms with Crippen LogP contribution in [0.5, 0.6) is 5.75 Å². The molecule has 0 saturated carbocycles. The van der Waals surface area contributed by atoms with E-state index in [1.807, 2.05) is 5.16 Å². The molecular formula is C21H16F3N3OS. The van der Waals surface area contributed by atoms with Gasteiger partial charge in [-0.25, -0.2) is 14.4 Å². The third-order valence-corrected chi connectivity index (χ3v) is 4.15. The monoisotopic (exact) mass is 415 g/mol. The van der Waals surface area contributed by atoms with Crippen LogP contribution in [0.1, 0.15) is 24.5 Å². The summed E-state index contributed by atoms with van der Waals surface area (Å²) in [5.41, 5.74) is 1.12. The Kier molecular flexibility index (Phi) is 6.36. The van der Waals surface area contributed by atoms with E-state index in [1.165, 1.54) is 36.4 Å². The van der Waals surface area contributed by atoms with Gasteiger partial charge in [0.15, 0.2) is 11.6 Å². The molecule has 1 heterocycles. The van der Waals surface area contributed by atoms with E-state index in [0.29, 0.717) is 11.4 Å². The molecule has 0 bridgehead atoms. The molecule has 0 aliphatic rings. The Labute approximate surface area is 171 Å². The number of hydrogen-bond acceptors (Lipinski definition) is 5. The Balaban J connectivity index is 1.77. The van der Waals surface area contributed by atoms with Gasteiger partial charge >= 0.3 is 6.11 Å². The van der Waals surface area contributed by atoms with Gasteiger partial charge in [0.05, 0.1) is 10.7 Å². The van der Waals surface area contributed by atoms with E-state index in [0.717, 1.165) is 24.5 Å². The van der Waals surface area contributed by atoms with Crippen LogP contribution in [-0.2, 0) is 12.5 Å². The Morgan fingerprint density at radius 1 is 1.10 bits per heavy atom. The van der Waals surface area contributed by atoms with Gasteiger partial charge in [-0.05, 0) is 48.5 Å². The minimum Gasteiger partial charge on any atom is -0.429 e. The third-order valence-electron chi connectivity index (χ3n) is 4.05. The average molecular weight is 415 g/mol. The molecule has 4 nitrogen and oxygen atoms in total. The zero-order valence-corrected chi connectivity index (χ0v) is 16.2. The molecule has 0 spiro atoms. The smallest absolute Gasteiger partial charge is 0.426 e. The van der Waals surface area contributed by atoms with Gasteiger partial charge in [-0.2, -0.15) is 13.8 Å². The highest BCUT2D eigenvalue weighted by Gasteiger charge is 2.34. The molecule has 0 aliphatic heterocycles.